The zero-order chi connectivity index (χ0) is 17.4. The van der Waals surface area contributed by atoms with E-state index in [1.165, 1.54) is 18.2 Å². The summed E-state index contributed by atoms with van der Waals surface area (Å²) < 4.78 is 24.0. The molecule has 1 aliphatic heterocycles. The molecule has 24 heavy (non-hydrogen) atoms. The third-order valence-electron chi connectivity index (χ3n) is 4.46. The van der Waals surface area contributed by atoms with Gasteiger partial charge in [-0.15, -0.1) is 0 Å². The van der Waals surface area contributed by atoms with Gasteiger partial charge in [0.25, 0.3) is 0 Å². The number of carbonyl (C=O) groups is 1. The Bertz CT molecular complexity index is 533. The fraction of sp³-hybridized carbons (Fsp3) is 0.611. The molecule has 0 bridgehead atoms. The van der Waals surface area contributed by atoms with Gasteiger partial charge in [-0.25, -0.2) is 4.39 Å². The number of rotatable bonds is 8. The molecule has 0 spiro atoms. The average molecular weight is 338 g/mol. The molecule has 1 heterocycles. The van der Waals surface area contributed by atoms with E-state index in [9.17, 15) is 9.18 Å². The van der Waals surface area contributed by atoms with Gasteiger partial charge in [0.2, 0.25) is 5.91 Å². The number of hydrogen-bond donors (Lipinski definition) is 2. The van der Waals surface area contributed by atoms with Crippen molar-refractivity contribution in [2.24, 2.45) is 11.8 Å². The molecular formula is C18H27FN2O3. The van der Waals surface area contributed by atoms with Crippen molar-refractivity contribution in [3.8, 4) is 5.75 Å². The van der Waals surface area contributed by atoms with Crippen LogP contribution in [0.1, 0.15) is 26.2 Å². The van der Waals surface area contributed by atoms with E-state index in [2.05, 4.69) is 17.6 Å². The van der Waals surface area contributed by atoms with Gasteiger partial charge in [0.1, 0.15) is 18.2 Å². The fourth-order valence-electron chi connectivity index (χ4n) is 3.03. The van der Waals surface area contributed by atoms with Crippen LogP contribution in [0.3, 0.4) is 0 Å². The molecule has 2 rings (SSSR count). The molecule has 1 saturated heterocycles. The van der Waals surface area contributed by atoms with Crippen LogP contribution < -0.4 is 15.4 Å². The smallest absolute Gasteiger partial charge is 0.224 e. The van der Waals surface area contributed by atoms with Crippen molar-refractivity contribution in [1.82, 2.24) is 5.32 Å². The number of piperidine rings is 1. The van der Waals surface area contributed by atoms with Crippen LogP contribution in [0.5, 0.6) is 5.75 Å². The fourth-order valence-corrected chi connectivity index (χ4v) is 3.03. The summed E-state index contributed by atoms with van der Waals surface area (Å²) in [6.07, 6.45) is 2.62. The summed E-state index contributed by atoms with van der Waals surface area (Å²) in [6.45, 7) is 4.90. The Labute approximate surface area is 142 Å². The molecule has 0 saturated carbocycles. The van der Waals surface area contributed by atoms with Gasteiger partial charge in [0.05, 0.1) is 12.3 Å². The number of amides is 1. The van der Waals surface area contributed by atoms with Gasteiger partial charge in [-0.1, -0.05) is 6.92 Å². The first kappa shape index (κ1) is 18.7. The molecule has 1 aliphatic rings. The van der Waals surface area contributed by atoms with Crippen molar-refractivity contribution in [1.29, 1.82) is 0 Å². The minimum absolute atomic E-state index is 0.108. The molecule has 0 radical (unpaired) electrons. The number of benzene rings is 1. The van der Waals surface area contributed by atoms with Crippen LogP contribution in [-0.4, -0.2) is 39.3 Å². The van der Waals surface area contributed by atoms with Crippen molar-refractivity contribution < 1.29 is 18.7 Å². The summed E-state index contributed by atoms with van der Waals surface area (Å²) >= 11 is 0. The van der Waals surface area contributed by atoms with Crippen LogP contribution in [-0.2, 0) is 9.53 Å². The van der Waals surface area contributed by atoms with Gasteiger partial charge in [0.15, 0.2) is 0 Å². The van der Waals surface area contributed by atoms with Gasteiger partial charge in [0, 0.05) is 19.6 Å². The third kappa shape index (κ3) is 5.76. The van der Waals surface area contributed by atoms with E-state index in [4.69, 9.17) is 9.47 Å². The Balaban J connectivity index is 1.93. The van der Waals surface area contributed by atoms with Gasteiger partial charge in [-0.2, -0.15) is 0 Å². The van der Waals surface area contributed by atoms with Crippen molar-refractivity contribution in [3.05, 3.63) is 24.0 Å². The largest absolute Gasteiger partial charge is 0.489 e. The second kappa shape index (κ2) is 9.59. The Hall–Kier alpha value is -1.66. The van der Waals surface area contributed by atoms with Gasteiger partial charge in [-0.3, -0.25) is 4.79 Å². The van der Waals surface area contributed by atoms with E-state index < -0.39 is 5.82 Å². The van der Waals surface area contributed by atoms with Gasteiger partial charge < -0.3 is 20.1 Å². The Morgan fingerprint density at radius 3 is 2.83 bits per heavy atom. The lowest BCUT2D eigenvalue weighted by Crippen LogP contribution is -2.32. The predicted molar refractivity (Wildman–Crippen MR) is 91.8 cm³/mol. The van der Waals surface area contributed by atoms with Crippen LogP contribution in [0.15, 0.2) is 18.2 Å². The molecular weight excluding hydrogens is 311 g/mol. The molecule has 0 aliphatic carbocycles. The van der Waals surface area contributed by atoms with Crippen LogP contribution in [0.2, 0.25) is 0 Å². The molecule has 1 unspecified atom stereocenters. The van der Waals surface area contributed by atoms with Gasteiger partial charge in [-0.05, 0) is 49.9 Å². The van der Waals surface area contributed by atoms with E-state index in [0.717, 1.165) is 25.9 Å². The molecule has 1 amide bonds. The first-order valence-electron chi connectivity index (χ1n) is 8.52. The molecule has 6 heteroatoms. The van der Waals surface area contributed by atoms with Crippen LogP contribution in [0.4, 0.5) is 10.1 Å². The number of methoxy groups -OCH3 is 1. The SMILES string of the molecule is COCCOc1ccc(F)cc1NC(=O)CC(C)C1CCNCC1. The highest BCUT2D eigenvalue weighted by atomic mass is 19.1. The molecule has 134 valence electrons. The topological polar surface area (TPSA) is 59.6 Å². The highest BCUT2D eigenvalue weighted by Crippen LogP contribution is 2.28. The average Bonchev–Trinajstić information content (AvgIpc) is 2.57. The molecule has 1 aromatic carbocycles. The Morgan fingerprint density at radius 2 is 2.12 bits per heavy atom. The molecule has 2 N–H and O–H groups in total. The number of carbonyl (C=O) groups excluding carboxylic acids is 1. The van der Waals surface area contributed by atoms with Crippen molar-refractivity contribution in [3.63, 3.8) is 0 Å². The lowest BCUT2D eigenvalue weighted by atomic mass is 9.84. The molecule has 5 nitrogen and oxygen atoms in total. The molecule has 1 fully saturated rings. The predicted octanol–water partition coefficient (Wildman–Crippen LogP) is 2.82. The third-order valence-corrected chi connectivity index (χ3v) is 4.46. The lowest BCUT2D eigenvalue weighted by molar-refractivity contribution is -0.117. The normalized spacial score (nSPS) is 16.6. The van der Waals surface area contributed by atoms with Crippen LogP contribution >= 0.6 is 0 Å². The highest BCUT2D eigenvalue weighted by Gasteiger charge is 2.22. The number of anilines is 1. The van der Waals surface area contributed by atoms with Crippen LogP contribution in [0.25, 0.3) is 0 Å². The van der Waals surface area contributed by atoms with E-state index in [1.54, 1.807) is 7.11 Å². The monoisotopic (exact) mass is 338 g/mol. The number of halogens is 1. The number of ether oxygens (including phenoxy) is 2. The number of nitrogens with one attached hydrogen (secondary N) is 2. The summed E-state index contributed by atoms with van der Waals surface area (Å²) in [5.41, 5.74) is 0.369. The molecule has 1 atom stereocenters. The van der Waals surface area contributed by atoms with Crippen LogP contribution in [0, 0.1) is 17.7 Å². The first-order valence-corrected chi connectivity index (χ1v) is 8.52. The van der Waals surface area contributed by atoms with E-state index in [1.807, 2.05) is 0 Å². The maximum atomic E-state index is 13.5. The Kier molecular flexibility index (Phi) is 7.46. The van der Waals surface area contributed by atoms with Crippen molar-refractivity contribution >= 4 is 11.6 Å². The summed E-state index contributed by atoms with van der Waals surface area (Å²) in [7, 11) is 1.58. The summed E-state index contributed by atoms with van der Waals surface area (Å²) in [6, 6.07) is 4.13. The quantitative estimate of drug-likeness (QED) is 0.716. The zero-order valence-corrected chi connectivity index (χ0v) is 14.4. The van der Waals surface area contributed by atoms with Crippen molar-refractivity contribution in [2.75, 3.05) is 38.7 Å². The van der Waals surface area contributed by atoms with E-state index >= 15 is 0 Å². The first-order chi connectivity index (χ1) is 11.6. The maximum absolute atomic E-state index is 13.5. The van der Waals surface area contributed by atoms with E-state index in [0.29, 0.717) is 42.9 Å². The maximum Gasteiger partial charge on any atom is 0.224 e. The summed E-state index contributed by atoms with van der Waals surface area (Å²) in [5, 5.41) is 6.12. The van der Waals surface area contributed by atoms with Gasteiger partial charge >= 0.3 is 0 Å². The molecule has 1 aromatic rings. The molecule has 0 aromatic heterocycles. The highest BCUT2D eigenvalue weighted by molar-refractivity contribution is 5.92. The number of hydrogen-bond acceptors (Lipinski definition) is 4. The standard InChI is InChI=1S/C18H27FN2O3/c1-13(14-5-7-20-8-6-14)11-18(22)21-16-12-15(19)3-4-17(16)24-10-9-23-2/h3-4,12-14,20H,5-11H2,1-2H3,(H,21,22). The Morgan fingerprint density at radius 1 is 1.38 bits per heavy atom. The zero-order valence-electron chi connectivity index (χ0n) is 14.4. The minimum Gasteiger partial charge on any atom is -0.489 e. The second-order valence-electron chi connectivity index (χ2n) is 6.30. The lowest BCUT2D eigenvalue weighted by Gasteiger charge is -2.28. The second-order valence-corrected chi connectivity index (χ2v) is 6.30. The summed E-state index contributed by atoms with van der Waals surface area (Å²) in [4.78, 5) is 12.3. The minimum atomic E-state index is -0.407. The summed E-state index contributed by atoms with van der Waals surface area (Å²) in [5.74, 6) is 0.802. The van der Waals surface area contributed by atoms with E-state index in [-0.39, 0.29) is 5.91 Å². The van der Waals surface area contributed by atoms with Crippen molar-refractivity contribution in [2.45, 2.75) is 26.2 Å².